The van der Waals surface area contributed by atoms with E-state index in [0.717, 1.165) is 12.1 Å². The molecule has 4 nitrogen and oxygen atoms in total. The Morgan fingerprint density at radius 1 is 1.07 bits per heavy atom. The molecular formula is C20H18F3N3O. The van der Waals surface area contributed by atoms with Gasteiger partial charge in [-0.15, -0.1) is 0 Å². The zero-order valence-corrected chi connectivity index (χ0v) is 15.1. The van der Waals surface area contributed by atoms with E-state index < -0.39 is 17.5 Å². The molecule has 0 aliphatic heterocycles. The third kappa shape index (κ3) is 3.58. The number of carbonyl (C=O) groups is 1. The summed E-state index contributed by atoms with van der Waals surface area (Å²) in [4.78, 5) is 14.3. The number of halogens is 3. The highest BCUT2D eigenvalue weighted by atomic mass is 19.1. The largest absolute Gasteiger partial charge is 0.337 e. The van der Waals surface area contributed by atoms with Gasteiger partial charge in [0.2, 0.25) is 0 Å². The molecule has 0 spiro atoms. The first kappa shape index (κ1) is 18.7. The SMILES string of the molecule is Cc1nn(-c2ccc(F)cc2F)c(C)c1C(=O)N(C)Cc1ccccc1F. The number of hydrogen-bond acceptors (Lipinski definition) is 2. The van der Waals surface area contributed by atoms with E-state index in [2.05, 4.69) is 5.10 Å². The smallest absolute Gasteiger partial charge is 0.257 e. The summed E-state index contributed by atoms with van der Waals surface area (Å²) in [5.74, 6) is -2.23. The van der Waals surface area contributed by atoms with Gasteiger partial charge in [-0.3, -0.25) is 4.79 Å². The molecule has 0 aliphatic carbocycles. The molecule has 0 bridgehead atoms. The topological polar surface area (TPSA) is 38.1 Å². The standard InChI is InChI=1S/C20H18F3N3O/c1-12-19(20(27)25(3)11-14-6-4-5-7-16(14)22)13(2)26(24-12)18-9-8-15(21)10-17(18)23/h4-10H,11H2,1-3H3. The van der Waals surface area contributed by atoms with E-state index in [4.69, 9.17) is 0 Å². The summed E-state index contributed by atoms with van der Waals surface area (Å²) in [6, 6.07) is 9.37. The van der Waals surface area contributed by atoms with Gasteiger partial charge < -0.3 is 4.90 Å². The van der Waals surface area contributed by atoms with E-state index in [-0.39, 0.29) is 18.1 Å². The number of hydrogen-bond donors (Lipinski definition) is 0. The quantitative estimate of drug-likeness (QED) is 0.688. The minimum Gasteiger partial charge on any atom is -0.337 e. The Kier molecular flexibility index (Phi) is 5.03. The molecule has 0 aliphatic rings. The van der Waals surface area contributed by atoms with Crippen LogP contribution in [0.4, 0.5) is 13.2 Å². The molecule has 0 saturated heterocycles. The third-order valence-electron chi connectivity index (χ3n) is 4.36. The van der Waals surface area contributed by atoms with E-state index >= 15 is 0 Å². The van der Waals surface area contributed by atoms with Crippen LogP contribution in [0, 0.1) is 31.3 Å². The molecular weight excluding hydrogens is 355 g/mol. The summed E-state index contributed by atoms with van der Waals surface area (Å²) in [5.41, 5.74) is 1.57. The van der Waals surface area contributed by atoms with Gasteiger partial charge in [0.25, 0.3) is 5.91 Å². The second kappa shape index (κ2) is 7.26. The molecule has 3 rings (SSSR count). The summed E-state index contributed by atoms with van der Waals surface area (Å²) in [7, 11) is 1.56. The van der Waals surface area contributed by atoms with Crippen LogP contribution in [-0.2, 0) is 6.54 Å². The second-order valence-corrected chi connectivity index (χ2v) is 6.31. The van der Waals surface area contributed by atoms with Crippen molar-refractivity contribution < 1.29 is 18.0 Å². The first-order valence-electron chi connectivity index (χ1n) is 8.30. The van der Waals surface area contributed by atoms with Gasteiger partial charge in [0, 0.05) is 25.2 Å². The number of carbonyl (C=O) groups excluding carboxylic acids is 1. The molecule has 2 aromatic carbocycles. The molecule has 27 heavy (non-hydrogen) atoms. The van der Waals surface area contributed by atoms with Crippen molar-refractivity contribution >= 4 is 5.91 Å². The van der Waals surface area contributed by atoms with Gasteiger partial charge in [-0.25, -0.2) is 17.9 Å². The van der Waals surface area contributed by atoms with Crippen LogP contribution in [0.5, 0.6) is 0 Å². The molecule has 0 N–H and O–H groups in total. The fraction of sp³-hybridized carbons (Fsp3) is 0.200. The average molecular weight is 373 g/mol. The predicted octanol–water partition coefficient (Wildman–Crippen LogP) is 4.18. The second-order valence-electron chi connectivity index (χ2n) is 6.31. The lowest BCUT2D eigenvalue weighted by Crippen LogP contribution is -2.27. The Hall–Kier alpha value is -3.09. The Labute approximate surface area is 154 Å². The van der Waals surface area contributed by atoms with Gasteiger partial charge in [-0.05, 0) is 32.0 Å². The average Bonchev–Trinajstić information content (AvgIpc) is 2.90. The van der Waals surface area contributed by atoms with Gasteiger partial charge in [0.1, 0.15) is 17.3 Å². The summed E-state index contributed by atoms with van der Waals surface area (Å²) in [6.45, 7) is 3.35. The number of amides is 1. The number of rotatable bonds is 4. The van der Waals surface area contributed by atoms with E-state index in [1.54, 1.807) is 39.1 Å². The number of nitrogens with zero attached hydrogens (tertiary/aromatic N) is 3. The van der Waals surface area contributed by atoms with E-state index in [0.29, 0.717) is 22.5 Å². The molecule has 0 unspecified atom stereocenters. The van der Waals surface area contributed by atoms with Gasteiger partial charge in [0.15, 0.2) is 5.82 Å². The van der Waals surface area contributed by atoms with Crippen LogP contribution >= 0.6 is 0 Å². The number of benzene rings is 2. The van der Waals surface area contributed by atoms with Crippen LogP contribution in [0.25, 0.3) is 5.69 Å². The van der Waals surface area contributed by atoms with Crippen molar-refractivity contribution in [3.8, 4) is 5.69 Å². The number of aryl methyl sites for hydroxylation is 1. The van der Waals surface area contributed by atoms with Crippen molar-refractivity contribution in [2.45, 2.75) is 20.4 Å². The molecule has 0 saturated carbocycles. The maximum absolute atomic E-state index is 14.1. The lowest BCUT2D eigenvalue weighted by molar-refractivity contribution is 0.0782. The minimum atomic E-state index is -0.778. The summed E-state index contributed by atoms with van der Waals surface area (Å²) in [5, 5.41) is 4.23. The molecule has 3 aromatic rings. The maximum Gasteiger partial charge on any atom is 0.257 e. The van der Waals surface area contributed by atoms with Crippen molar-refractivity contribution in [1.82, 2.24) is 14.7 Å². The van der Waals surface area contributed by atoms with Crippen LogP contribution in [-0.4, -0.2) is 27.6 Å². The van der Waals surface area contributed by atoms with Gasteiger partial charge in [0.05, 0.1) is 17.0 Å². The van der Waals surface area contributed by atoms with Crippen molar-refractivity contribution in [1.29, 1.82) is 0 Å². The van der Waals surface area contributed by atoms with Crippen molar-refractivity contribution in [3.05, 3.63) is 82.4 Å². The minimum absolute atomic E-state index is 0.0489. The Morgan fingerprint density at radius 2 is 1.78 bits per heavy atom. The maximum atomic E-state index is 14.1. The zero-order valence-electron chi connectivity index (χ0n) is 15.1. The van der Waals surface area contributed by atoms with Crippen molar-refractivity contribution in [2.24, 2.45) is 0 Å². The summed E-state index contributed by atoms with van der Waals surface area (Å²) < 4.78 is 42.4. The van der Waals surface area contributed by atoms with Gasteiger partial charge in [-0.2, -0.15) is 5.10 Å². The molecule has 0 atom stereocenters. The van der Waals surface area contributed by atoms with E-state index in [1.165, 1.54) is 21.7 Å². The molecule has 0 radical (unpaired) electrons. The molecule has 1 heterocycles. The molecule has 0 fully saturated rings. The van der Waals surface area contributed by atoms with Crippen LogP contribution < -0.4 is 0 Å². The van der Waals surface area contributed by atoms with Gasteiger partial charge >= 0.3 is 0 Å². The molecule has 1 aromatic heterocycles. The first-order chi connectivity index (χ1) is 12.8. The highest BCUT2D eigenvalue weighted by molar-refractivity contribution is 5.96. The fourth-order valence-electron chi connectivity index (χ4n) is 2.98. The van der Waals surface area contributed by atoms with Crippen molar-refractivity contribution in [3.63, 3.8) is 0 Å². The lowest BCUT2D eigenvalue weighted by Gasteiger charge is -2.18. The molecule has 140 valence electrons. The number of aromatic nitrogens is 2. The lowest BCUT2D eigenvalue weighted by atomic mass is 10.1. The summed E-state index contributed by atoms with van der Waals surface area (Å²) in [6.07, 6.45) is 0. The third-order valence-corrected chi connectivity index (χ3v) is 4.36. The zero-order chi connectivity index (χ0) is 19.7. The Morgan fingerprint density at radius 3 is 2.44 bits per heavy atom. The molecule has 7 heteroatoms. The molecule has 1 amide bonds. The highest BCUT2D eigenvalue weighted by Crippen LogP contribution is 2.22. The van der Waals surface area contributed by atoms with Crippen LogP contribution in [0.1, 0.15) is 27.3 Å². The van der Waals surface area contributed by atoms with Crippen LogP contribution in [0.15, 0.2) is 42.5 Å². The van der Waals surface area contributed by atoms with E-state index in [1.807, 2.05) is 0 Å². The van der Waals surface area contributed by atoms with Crippen molar-refractivity contribution in [2.75, 3.05) is 7.05 Å². The monoisotopic (exact) mass is 373 g/mol. The first-order valence-corrected chi connectivity index (χ1v) is 8.30. The Balaban J connectivity index is 1.94. The summed E-state index contributed by atoms with van der Waals surface area (Å²) >= 11 is 0. The predicted molar refractivity (Wildman–Crippen MR) is 95.2 cm³/mol. The van der Waals surface area contributed by atoms with Crippen LogP contribution in [0.3, 0.4) is 0 Å². The van der Waals surface area contributed by atoms with Crippen LogP contribution in [0.2, 0.25) is 0 Å². The van der Waals surface area contributed by atoms with Gasteiger partial charge in [-0.1, -0.05) is 18.2 Å². The normalized spacial score (nSPS) is 10.9. The Bertz CT molecular complexity index is 1010. The highest BCUT2D eigenvalue weighted by Gasteiger charge is 2.24. The van der Waals surface area contributed by atoms with E-state index in [9.17, 15) is 18.0 Å². The fourth-order valence-corrected chi connectivity index (χ4v) is 2.98.